The van der Waals surface area contributed by atoms with Crippen molar-refractivity contribution in [1.29, 1.82) is 0 Å². The standard InChI is InChI=1S/C28H29N3O9S/c1-15-6-7-20(21(12-15)31(37)38)30-27(34)24(17-8-10-29-11-9-17)40-19-5-3-4-18(13-19)25-16(2)23(39-14-22(32)33)26(41-25)28(35)36/h3-7,12-13,17,24,29H,8-11,14H2,1-2H3,(H,30,34)(H,32,33)(H,35,36). The van der Waals surface area contributed by atoms with Gasteiger partial charge in [-0.25, -0.2) is 9.59 Å². The molecule has 1 aliphatic rings. The molecular formula is C28H29N3O9S. The number of benzene rings is 2. The van der Waals surface area contributed by atoms with E-state index < -0.39 is 35.5 Å². The number of carbonyl (C=O) groups is 3. The van der Waals surface area contributed by atoms with Crippen molar-refractivity contribution < 1.29 is 39.0 Å². The number of thiophene rings is 1. The number of hydrogen-bond acceptors (Lipinski definition) is 9. The van der Waals surface area contributed by atoms with Crippen molar-refractivity contribution in [3.8, 4) is 21.9 Å². The van der Waals surface area contributed by atoms with Gasteiger partial charge in [0.05, 0.1) is 4.92 Å². The molecule has 1 aromatic heterocycles. The number of aliphatic carboxylic acids is 1. The maximum atomic E-state index is 13.5. The number of nitro benzene ring substituents is 1. The summed E-state index contributed by atoms with van der Waals surface area (Å²) in [6, 6.07) is 11.3. The third-order valence-corrected chi connectivity index (χ3v) is 7.97. The molecule has 12 nitrogen and oxygen atoms in total. The Hall–Kier alpha value is -4.49. The van der Waals surface area contributed by atoms with Crippen LogP contribution >= 0.6 is 11.3 Å². The molecule has 3 aromatic rings. The van der Waals surface area contributed by atoms with Crippen LogP contribution in [0.2, 0.25) is 0 Å². The van der Waals surface area contributed by atoms with Gasteiger partial charge >= 0.3 is 11.9 Å². The number of aromatic carboxylic acids is 1. The van der Waals surface area contributed by atoms with Crippen molar-refractivity contribution in [3.63, 3.8) is 0 Å². The second kappa shape index (κ2) is 12.8. The smallest absolute Gasteiger partial charge is 0.349 e. The number of carboxylic acid groups (broad SMARTS) is 2. The average Bonchev–Trinajstić information content (AvgIpc) is 3.28. The van der Waals surface area contributed by atoms with Crippen LogP contribution in [0, 0.1) is 29.9 Å². The topological polar surface area (TPSA) is 177 Å². The van der Waals surface area contributed by atoms with Crippen LogP contribution in [0.15, 0.2) is 42.5 Å². The zero-order valence-electron chi connectivity index (χ0n) is 22.3. The molecule has 0 saturated carbocycles. The summed E-state index contributed by atoms with van der Waals surface area (Å²) in [5.74, 6) is -2.83. The normalized spacial score (nSPS) is 14.2. The van der Waals surface area contributed by atoms with Gasteiger partial charge in [-0.3, -0.25) is 14.9 Å². The van der Waals surface area contributed by atoms with Gasteiger partial charge in [0.2, 0.25) is 0 Å². The number of carbonyl (C=O) groups excluding carboxylic acids is 1. The van der Waals surface area contributed by atoms with Crippen LogP contribution in [0.1, 0.15) is 33.6 Å². The molecule has 4 N–H and O–H groups in total. The minimum absolute atomic E-state index is 0.0159. The van der Waals surface area contributed by atoms with Gasteiger partial charge in [-0.05, 0) is 69.1 Å². The molecule has 0 bridgehead atoms. The van der Waals surface area contributed by atoms with Gasteiger partial charge in [0.1, 0.15) is 17.2 Å². The van der Waals surface area contributed by atoms with E-state index in [0.29, 0.717) is 53.2 Å². The van der Waals surface area contributed by atoms with Crippen molar-refractivity contribution in [2.45, 2.75) is 32.8 Å². The lowest BCUT2D eigenvalue weighted by Crippen LogP contribution is -2.44. The molecule has 0 spiro atoms. The molecule has 1 aliphatic heterocycles. The zero-order valence-corrected chi connectivity index (χ0v) is 23.2. The van der Waals surface area contributed by atoms with Gasteiger partial charge in [0.15, 0.2) is 17.6 Å². The van der Waals surface area contributed by atoms with Gasteiger partial charge in [-0.1, -0.05) is 18.2 Å². The molecule has 1 unspecified atom stereocenters. The summed E-state index contributed by atoms with van der Waals surface area (Å²) in [6.45, 7) is 4.06. The largest absolute Gasteiger partial charge is 0.480 e. The van der Waals surface area contributed by atoms with E-state index >= 15 is 0 Å². The van der Waals surface area contributed by atoms with Crippen molar-refractivity contribution >= 4 is 40.6 Å². The summed E-state index contributed by atoms with van der Waals surface area (Å²) in [6.07, 6.45) is 0.357. The first-order valence-corrected chi connectivity index (χ1v) is 13.6. The number of piperidine rings is 1. The minimum atomic E-state index is -1.25. The first-order valence-electron chi connectivity index (χ1n) is 12.8. The lowest BCUT2D eigenvalue weighted by atomic mass is 9.91. The molecule has 1 saturated heterocycles. The lowest BCUT2D eigenvalue weighted by molar-refractivity contribution is -0.384. The Bertz CT molecular complexity index is 1480. The number of ether oxygens (including phenoxy) is 2. The third kappa shape index (κ3) is 6.99. The fraction of sp³-hybridized carbons (Fsp3) is 0.321. The summed E-state index contributed by atoms with van der Waals surface area (Å²) < 4.78 is 11.5. The van der Waals surface area contributed by atoms with E-state index in [9.17, 15) is 29.6 Å². The van der Waals surface area contributed by atoms with Gasteiger partial charge in [-0.15, -0.1) is 11.3 Å². The highest BCUT2D eigenvalue weighted by atomic mass is 32.1. The lowest BCUT2D eigenvalue weighted by Gasteiger charge is -2.30. The SMILES string of the molecule is Cc1ccc(NC(=O)C(Oc2cccc(-c3sc(C(=O)O)c(OCC(=O)O)c3C)c2)C2CCNCC2)c([N+](=O)[O-])c1. The number of rotatable bonds is 11. The van der Waals surface area contributed by atoms with Gasteiger partial charge in [0, 0.05) is 22.4 Å². The van der Waals surface area contributed by atoms with Crippen LogP contribution in [0.3, 0.4) is 0 Å². The van der Waals surface area contributed by atoms with Crippen LogP contribution in [0.5, 0.6) is 11.5 Å². The van der Waals surface area contributed by atoms with Crippen molar-refractivity contribution in [3.05, 3.63) is 68.6 Å². The first-order chi connectivity index (χ1) is 19.5. The Morgan fingerprint density at radius 1 is 1.15 bits per heavy atom. The molecule has 1 fully saturated rings. The van der Waals surface area contributed by atoms with Gasteiger partial charge in [-0.2, -0.15) is 0 Å². The van der Waals surface area contributed by atoms with E-state index in [-0.39, 0.29) is 27.9 Å². The fourth-order valence-corrected chi connectivity index (χ4v) is 5.78. The van der Waals surface area contributed by atoms with Crippen LogP contribution in [-0.2, 0) is 9.59 Å². The monoisotopic (exact) mass is 583 g/mol. The van der Waals surface area contributed by atoms with Crippen molar-refractivity contribution in [2.24, 2.45) is 5.92 Å². The van der Waals surface area contributed by atoms with Crippen LogP contribution in [-0.4, -0.2) is 58.8 Å². The Morgan fingerprint density at radius 2 is 1.88 bits per heavy atom. The number of amides is 1. The number of nitrogens with zero attached hydrogens (tertiary/aromatic N) is 1. The number of aryl methyl sites for hydroxylation is 1. The highest BCUT2D eigenvalue weighted by molar-refractivity contribution is 7.18. The Balaban J connectivity index is 1.64. The molecule has 41 heavy (non-hydrogen) atoms. The van der Waals surface area contributed by atoms with Crippen molar-refractivity contribution in [1.82, 2.24) is 5.32 Å². The average molecular weight is 584 g/mol. The number of hydrogen-bond donors (Lipinski definition) is 4. The molecule has 0 radical (unpaired) electrons. The molecule has 4 rings (SSSR count). The second-order valence-corrected chi connectivity index (χ2v) is 10.6. The molecule has 0 aliphatic carbocycles. The van der Waals surface area contributed by atoms with E-state index in [1.54, 1.807) is 44.2 Å². The quantitative estimate of drug-likeness (QED) is 0.186. The highest BCUT2D eigenvalue weighted by Crippen LogP contribution is 2.42. The molecule has 2 aromatic carbocycles. The molecule has 1 amide bonds. The minimum Gasteiger partial charge on any atom is -0.480 e. The second-order valence-electron chi connectivity index (χ2n) is 9.62. The summed E-state index contributed by atoms with van der Waals surface area (Å²) in [7, 11) is 0. The Labute approximate surface area is 239 Å². The fourth-order valence-electron chi connectivity index (χ4n) is 4.69. The maximum absolute atomic E-state index is 13.5. The van der Waals surface area contributed by atoms with Crippen LogP contribution < -0.4 is 20.1 Å². The van der Waals surface area contributed by atoms with Crippen molar-refractivity contribution in [2.75, 3.05) is 25.0 Å². The van der Waals surface area contributed by atoms with E-state index in [0.717, 1.165) is 11.3 Å². The molecule has 2 heterocycles. The summed E-state index contributed by atoms with van der Waals surface area (Å²) in [5, 5.41) is 36.2. The maximum Gasteiger partial charge on any atom is 0.349 e. The predicted molar refractivity (Wildman–Crippen MR) is 151 cm³/mol. The van der Waals surface area contributed by atoms with E-state index in [4.69, 9.17) is 14.6 Å². The van der Waals surface area contributed by atoms with E-state index in [1.165, 1.54) is 12.1 Å². The molecule has 216 valence electrons. The zero-order chi connectivity index (χ0) is 29.7. The number of carboxylic acids is 2. The highest BCUT2D eigenvalue weighted by Gasteiger charge is 2.33. The number of nitrogens with one attached hydrogen (secondary N) is 2. The Kier molecular flexibility index (Phi) is 9.20. The first kappa shape index (κ1) is 29.5. The van der Waals surface area contributed by atoms with Crippen LogP contribution in [0.4, 0.5) is 11.4 Å². The van der Waals surface area contributed by atoms with Gasteiger partial charge < -0.3 is 30.3 Å². The van der Waals surface area contributed by atoms with Gasteiger partial charge in [0.25, 0.3) is 11.6 Å². The van der Waals surface area contributed by atoms with E-state index in [2.05, 4.69) is 10.6 Å². The third-order valence-electron chi connectivity index (χ3n) is 6.66. The number of nitro groups is 1. The predicted octanol–water partition coefficient (Wildman–Crippen LogP) is 4.49. The summed E-state index contributed by atoms with van der Waals surface area (Å²) in [5.41, 5.74) is 1.60. The van der Waals surface area contributed by atoms with Crippen LogP contribution in [0.25, 0.3) is 10.4 Å². The number of anilines is 1. The molecular weight excluding hydrogens is 554 g/mol. The summed E-state index contributed by atoms with van der Waals surface area (Å²) >= 11 is 0.944. The summed E-state index contributed by atoms with van der Waals surface area (Å²) in [4.78, 5) is 47.8. The molecule has 1 atom stereocenters. The van der Waals surface area contributed by atoms with E-state index in [1.807, 2.05) is 0 Å². The molecule has 13 heteroatoms. The Morgan fingerprint density at radius 3 is 2.54 bits per heavy atom.